The minimum Gasteiger partial charge on any atom is -0.312 e. The minimum absolute atomic E-state index is 0.00378. The molecule has 8 nitrogen and oxygen atoms in total. The van der Waals surface area contributed by atoms with Crippen LogP contribution in [0.1, 0.15) is 22.8 Å². The number of nitro benzene ring substituents is 1. The molecular formula is C20H16N4O4S. The molecule has 0 aliphatic carbocycles. The molecule has 2 heterocycles. The van der Waals surface area contributed by atoms with Crippen LogP contribution in [-0.2, 0) is 11.2 Å². The molecule has 1 aromatic heterocycles. The number of hydrogen-bond donors (Lipinski definition) is 1. The first kappa shape index (κ1) is 18.8. The van der Waals surface area contributed by atoms with Gasteiger partial charge in [-0.3, -0.25) is 25.0 Å². The van der Waals surface area contributed by atoms with Gasteiger partial charge in [0.1, 0.15) is 0 Å². The van der Waals surface area contributed by atoms with Gasteiger partial charge in [0, 0.05) is 47.8 Å². The number of thiazole rings is 1. The van der Waals surface area contributed by atoms with Crippen molar-refractivity contribution >= 4 is 39.7 Å². The van der Waals surface area contributed by atoms with Gasteiger partial charge in [0.25, 0.3) is 11.6 Å². The number of non-ortho nitro benzene ring substituents is 1. The first-order valence-electron chi connectivity index (χ1n) is 8.85. The van der Waals surface area contributed by atoms with E-state index in [1.54, 1.807) is 11.8 Å². The van der Waals surface area contributed by atoms with E-state index >= 15 is 0 Å². The molecule has 29 heavy (non-hydrogen) atoms. The Balaban J connectivity index is 1.54. The normalized spacial score (nSPS) is 12.5. The third kappa shape index (κ3) is 3.72. The maximum Gasteiger partial charge on any atom is 0.270 e. The second-order valence-electron chi connectivity index (χ2n) is 6.56. The van der Waals surface area contributed by atoms with Crippen molar-refractivity contribution in [3.63, 3.8) is 0 Å². The van der Waals surface area contributed by atoms with E-state index in [0.29, 0.717) is 17.4 Å². The van der Waals surface area contributed by atoms with E-state index in [2.05, 4.69) is 10.3 Å². The van der Waals surface area contributed by atoms with Crippen LogP contribution in [0.25, 0.3) is 11.3 Å². The Morgan fingerprint density at radius 1 is 1.24 bits per heavy atom. The number of benzene rings is 2. The van der Waals surface area contributed by atoms with Gasteiger partial charge in [0.2, 0.25) is 5.91 Å². The number of carbonyl (C=O) groups excluding carboxylic acids is 2. The SMILES string of the molecule is CC(=O)N1CCc2ccc(-c3csc(NC(=O)c4cccc([N+](=O)[O-])c4)n3)cc21. The molecule has 1 aliphatic heterocycles. The van der Waals surface area contributed by atoms with E-state index in [0.717, 1.165) is 23.2 Å². The Labute approximate surface area is 170 Å². The molecule has 0 radical (unpaired) electrons. The van der Waals surface area contributed by atoms with Crippen molar-refractivity contribution in [3.8, 4) is 11.3 Å². The number of fused-ring (bicyclic) bond motifs is 1. The van der Waals surface area contributed by atoms with Gasteiger partial charge in [0.15, 0.2) is 5.13 Å². The first-order chi connectivity index (χ1) is 13.9. The van der Waals surface area contributed by atoms with E-state index in [9.17, 15) is 19.7 Å². The number of amides is 2. The van der Waals surface area contributed by atoms with Crippen LogP contribution in [0.2, 0.25) is 0 Å². The van der Waals surface area contributed by atoms with Gasteiger partial charge in [0.05, 0.1) is 10.6 Å². The maximum absolute atomic E-state index is 12.4. The molecule has 2 amide bonds. The standard InChI is InChI=1S/C20H16N4O4S/c1-12(25)23-8-7-13-5-6-14(10-18(13)23)17-11-29-20(21-17)22-19(26)15-3-2-4-16(9-15)24(27)28/h2-6,9-11H,7-8H2,1H3,(H,21,22,26). The second-order valence-corrected chi connectivity index (χ2v) is 7.42. The second kappa shape index (κ2) is 7.44. The molecule has 146 valence electrons. The van der Waals surface area contributed by atoms with Gasteiger partial charge in [-0.15, -0.1) is 11.3 Å². The molecule has 1 aliphatic rings. The Kier molecular flexibility index (Phi) is 4.81. The fraction of sp³-hybridized carbons (Fsp3) is 0.150. The van der Waals surface area contributed by atoms with Gasteiger partial charge in [-0.25, -0.2) is 4.98 Å². The van der Waals surface area contributed by atoms with Crippen molar-refractivity contribution in [2.24, 2.45) is 0 Å². The van der Waals surface area contributed by atoms with Crippen molar-refractivity contribution < 1.29 is 14.5 Å². The zero-order valence-corrected chi connectivity index (χ0v) is 16.2. The van der Waals surface area contributed by atoms with Gasteiger partial charge in [-0.05, 0) is 24.1 Å². The monoisotopic (exact) mass is 408 g/mol. The highest BCUT2D eigenvalue weighted by molar-refractivity contribution is 7.14. The highest BCUT2D eigenvalue weighted by Crippen LogP contribution is 2.34. The summed E-state index contributed by atoms with van der Waals surface area (Å²) in [6.45, 7) is 2.22. The van der Waals surface area contributed by atoms with E-state index in [-0.39, 0.29) is 17.2 Å². The molecule has 1 N–H and O–H groups in total. The molecule has 4 rings (SSSR count). The Hall–Kier alpha value is -3.59. The molecule has 2 aromatic carbocycles. The third-order valence-electron chi connectivity index (χ3n) is 4.70. The molecule has 0 atom stereocenters. The number of rotatable bonds is 4. The van der Waals surface area contributed by atoms with E-state index < -0.39 is 10.8 Å². The topological polar surface area (TPSA) is 105 Å². The van der Waals surface area contributed by atoms with Crippen molar-refractivity contribution in [2.75, 3.05) is 16.8 Å². The Morgan fingerprint density at radius 2 is 2.07 bits per heavy atom. The lowest BCUT2D eigenvalue weighted by Gasteiger charge is -2.15. The average Bonchev–Trinajstić information content (AvgIpc) is 3.34. The van der Waals surface area contributed by atoms with Crippen LogP contribution in [0.15, 0.2) is 47.8 Å². The molecule has 9 heteroatoms. The average molecular weight is 408 g/mol. The largest absolute Gasteiger partial charge is 0.312 e. The van der Waals surface area contributed by atoms with Crippen LogP contribution >= 0.6 is 11.3 Å². The van der Waals surface area contributed by atoms with Crippen LogP contribution in [0.5, 0.6) is 0 Å². The Morgan fingerprint density at radius 3 is 2.83 bits per heavy atom. The number of nitrogens with zero attached hydrogens (tertiary/aromatic N) is 3. The Bertz CT molecular complexity index is 1140. The van der Waals surface area contributed by atoms with Crippen LogP contribution in [0, 0.1) is 10.1 Å². The van der Waals surface area contributed by atoms with Crippen LogP contribution in [0.3, 0.4) is 0 Å². The van der Waals surface area contributed by atoms with Crippen molar-refractivity contribution in [3.05, 3.63) is 69.1 Å². The summed E-state index contributed by atoms with van der Waals surface area (Å²) in [6.07, 6.45) is 0.830. The summed E-state index contributed by atoms with van der Waals surface area (Å²) >= 11 is 1.26. The molecule has 0 bridgehead atoms. The number of nitrogens with one attached hydrogen (secondary N) is 1. The number of aromatic nitrogens is 1. The highest BCUT2D eigenvalue weighted by atomic mass is 32.1. The van der Waals surface area contributed by atoms with Crippen molar-refractivity contribution in [1.29, 1.82) is 0 Å². The summed E-state index contributed by atoms with van der Waals surface area (Å²) in [6, 6.07) is 11.4. The smallest absolute Gasteiger partial charge is 0.270 e. The van der Waals surface area contributed by atoms with E-state index in [4.69, 9.17) is 0 Å². The lowest BCUT2D eigenvalue weighted by Crippen LogP contribution is -2.25. The van der Waals surface area contributed by atoms with E-state index in [1.165, 1.54) is 35.6 Å². The van der Waals surface area contributed by atoms with Gasteiger partial charge < -0.3 is 4.90 Å². The number of anilines is 2. The fourth-order valence-corrected chi connectivity index (χ4v) is 3.97. The lowest BCUT2D eigenvalue weighted by molar-refractivity contribution is -0.384. The zero-order valence-electron chi connectivity index (χ0n) is 15.4. The summed E-state index contributed by atoms with van der Waals surface area (Å²) in [5, 5.41) is 15.8. The molecular weight excluding hydrogens is 392 g/mol. The molecule has 0 saturated carbocycles. The summed E-state index contributed by atoms with van der Waals surface area (Å²) in [5.74, 6) is -0.463. The zero-order chi connectivity index (χ0) is 20.5. The maximum atomic E-state index is 12.4. The summed E-state index contributed by atoms with van der Waals surface area (Å²) in [7, 11) is 0. The predicted octanol–water partition coefficient (Wildman–Crippen LogP) is 3.88. The van der Waals surface area contributed by atoms with E-state index in [1.807, 2.05) is 23.6 Å². The number of carbonyl (C=O) groups is 2. The summed E-state index contributed by atoms with van der Waals surface area (Å²) < 4.78 is 0. The summed E-state index contributed by atoms with van der Waals surface area (Å²) in [5.41, 5.74) is 3.59. The first-order valence-corrected chi connectivity index (χ1v) is 9.73. The molecule has 0 fully saturated rings. The molecule has 0 saturated heterocycles. The lowest BCUT2D eigenvalue weighted by atomic mass is 10.1. The highest BCUT2D eigenvalue weighted by Gasteiger charge is 2.23. The molecule has 3 aromatic rings. The van der Waals surface area contributed by atoms with Gasteiger partial charge in [-0.2, -0.15) is 0 Å². The quantitative estimate of drug-likeness (QED) is 0.521. The fourth-order valence-electron chi connectivity index (χ4n) is 3.26. The molecule has 0 spiro atoms. The summed E-state index contributed by atoms with van der Waals surface area (Å²) in [4.78, 5) is 40.7. The molecule has 0 unspecified atom stereocenters. The minimum atomic E-state index is -0.545. The van der Waals surface area contributed by atoms with Crippen molar-refractivity contribution in [1.82, 2.24) is 4.98 Å². The number of nitro groups is 1. The van der Waals surface area contributed by atoms with Crippen LogP contribution in [-0.4, -0.2) is 28.3 Å². The van der Waals surface area contributed by atoms with Gasteiger partial charge in [-0.1, -0.05) is 18.2 Å². The predicted molar refractivity (Wildman–Crippen MR) is 110 cm³/mol. The van der Waals surface area contributed by atoms with Gasteiger partial charge >= 0.3 is 0 Å². The van der Waals surface area contributed by atoms with Crippen molar-refractivity contribution in [2.45, 2.75) is 13.3 Å². The van der Waals surface area contributed by atoms with Crippen LogP contribution < -0.4 is 10.2 Å². The van der Waals surface area contributed by atoms with Crippen LogP contribution in [0.4, 0.5) is 16.5 Å². The third-order valence-corrected chi connectivity index (χ3v) is 5.46. The number of hydrogen-bond acceptors (Lipinski definition) is 6.